The molecule has 1 heterocycles. The molecule has 6 heteroatoms. The number of aliphatic hydroxyl groups excluding tert-OH is 1. The van der Waals surface area contributed by atoms with E-state index in [1.165, 1.54) is 0 Å². The molecule has 0 aliphatic carbocycles. The summed E-state index contributed by atoms with van der Waals surface area (Å²) in [6.45, 7) is 2.57. The molecule has 3 N–H and O–H groups in total. The van der Waals surface area contributed by atoms with E-state index in [9.17, 15) is 9.50 Å². The summed E-state index contributed by atoms with van der Waals surface area (Å²) in [5.74, 6) is -0.108. The van der Waals surface area contributed by atoms with E-state index in [1.54, 1.807) is 0 Å². The van der Waals surface area contributed by atoms with Crippen molar-refractivity contribution >= 4 is 11.8 Å². The first-order valence-electron chi connectivity index (χ1n) is 6.93. The fourth-order valence-corrected chi connectivity index (χ4v) is 1.88. The number of nitrogens with zero attached hydrogens (tertiary/aromatic N) is 2. The number of aromatic nitrogens is 2. The van der Waals surface area contributed by atoms with Crippen molar-refractivity contribution in [2.45, 2.75) is 19.4 Å². The Hall–Kier alpha value is -2.21. The van der Waals surface area contributed by atoms with Gasteiger partial charge in [0, 0.05) is 6.54 Å². The highest BCUT2D eigenvalue weighted by Crippen LogP contribution is 2.20. The molecule has 112 valence electrons. The Morgan fingerprint density at radius 3 is 2.71 bits per heavy atom. The number of rotatable bonds is 7. The smallest absolute Gasteiger partial charge is 0.224 e. The van der Waals surface area contributed by atoms with Gasteiger partial charge in [0.1, 0.15) is 0 Å². The highest BCUT2D eigenvalue weighted by Gasteiger charge is 2.14. The summed E-state index contributed by atoms with van der Waals surface area (Å²) >= 11 is 0. The molecule has 1 unspecified atom stereocenters. The topological polar surface area (TPSA) is 70.1 Å². The lowest BCUT2D eigenvalue weighted by molar-refractivity contribution is 0.276. The van der Waals surface area contributed by atoms with Gasteiger partial charge in [-0.05, 0) is 12.0 Å². The number of anilines is 2. The number of hydrogen-bond acceptors (Lipinski definition) is 5. The standard InChI is InChI=1S/C15H19FN4O/c1-2-8-17-15-18-9-12(16)14(20-15)19-13(10-21)11-6-4-3-5-7-11/h3-7,9,13,21H,2,8,10H2,1H3,(H2,17,18,19,20). The predicted molar refractivity (Wildman–Crippen MR) is 80.7 cm³/mol. The van der Waals surface area contributed by atoms with Gasteiger partial charge >= 0.3 is 0 Å². The molecule has 0 bridgehead atoms. The molecule has 1 aromatic heterocycles. The van der Waals surface area contributed by atoms with Crippen LogP contribution in [0.2, 0.25) is 0 Å². The van der Waals surface area contributed by atoms with Gasteiger partial charge in [-0.25, -0.2) is 9.37 Å². The molecule has 0 saturated heterocycles. The van der Waals surface area contributed by atoms with Gasteiger partial charge < -0.3 is 15.7 Å². The van der Waals surface area contributed by atoms with Crippen molar-refractivity contribution in [2.75, 3.05) is 23.8 Å². The number of nitrogens with one attached hydrogen (secondary N) is 2. The zero-order valence-corrected chi connectivity index (χ0v) is 11.9. The maximum Gasteiger partial charge on any atom is 0.224 e. The molecule has 0 aliphatic rings. The van der Waals surface area contributed by atoms with E-state index in [2.05, 4.69) is 20.6 Å². The first-order chi connectivity index (χ1) is 10.2. The zero-order valence-electron chi connectivity index (χ0n) is 11.9. The molecule has 2 aromatic rings. The second-order valence-corrected chi connectivity index (χ2v) is 4.61. The van der Waals surface area contributed by atoms with Crippen LogP contribution in [0.15, 0.2) is 36.5 Å². The third kappa shape index (κ3) is 4.13. The van der Waals surface area contributed by atoms with Crippen LogP contribution >= 0.6 is 0 Å². The molecule has 0 fully saturated rings. The molecule has 2 rings (SSSR count). The van der Waals surface area contributed by atoms with Gasteiger partial charge in [0.2, 0.25) is 5.95 Å². The van der Waals surface area contributed by atoms with E-state index in [0.29, 0.717) is 12.5 Å². The lowest BCUT2D eigenvalue weighted by Gasteiger charge is -2.18. The van der Waals surface area contributed by atoms with Crippen molar-refractivity contribution < 1.29 is 9.50 Å². The number of halogens is 1. The van der Waals surface area contributed by atoms with Gasteiger partial charge in [-0.3, -0.25) is 0 Å². The maximum absolute atomic E-state index is 13.8. The van der Waals surface area contributed by atoms with Gasteiger partial charge in [-0.1, -0.05) is 37.3 Å². The Morgan fingerprint density at radius 2 is 2.05 bits per heavy atom. The van der Waals surface area contributed by atoms with Gasteiger partial charge in [0.15, 0.2) is 11.6 Å². The lowest BCUT2D eigenvalue weighted by Crippen LogP contribution is -2.17. The molecule has 0 saturated carbocycles. The minimum absolute atomic E-state index is 0.0755. The van der Waals surface area contributed by atoms with E-state index in [1.807, 2.05) is 37.3 Å². The minimum atomic E-state index is -0.550. The maximum atomic E-state index is 13.8. The van der Waals surface area contributed by atoms with E-state index in [-0.39, 0.29) is 12.4 Å². The number of hydrogen-bond donors (Lipinski definition) is 3. The summed E-state index contributed by atoms with van der Waals surface area (Å²) in [5.41, 5.74) is 0.862. The summed E-state index contributed by atoms with van der Waals surface area (Å²) in [6, 6.07) is 8.92. The Morgan fingerprint density at radius 1 is 1.29 bits per heavy atom. The van der Waals surface area contributed by atoms with Gasteiger partial charge in [-0.2, -0.15) is 4.98 Å². The summed E-state index contributed by atoms with van der Waals surface area (Å²) < 4.78 is 13.8. The highest BCUT2D eigenvalue weighted by atomic mass is 19.1. The Kier molecular flexibility index (Phi) is 5.45. The Balaban J connectivity index is 2.16. The summed E-state index contributed by atoms with van der Waals surface area (Å²) in [5, 5.41) is 15.4. The summed E-state index contributed by atoms with van der Waals surface area (Å²) in [6.07, 6.45) is 2.04. The largest absolute Gasteiger partial charge is 0.394 e. The third-order valence-corrected chi connectivity index (χ3v) is 2.97. The molecule has 21 heavy (non-hydrogen) atoms. The SMILES string of the molecule is CCCNc1ncc(F)c(NC(CO)c2ccccc2)n1. The highest BCUT2D eigenvalue weighted by molar-refractivity contribution is 5.43. The van der Waals surface area contributed by atoms with Crippen molar-refractivity contribution in [1.29, 1.82) is 0 Å². The van der Waals surface area contributed by atoms with Gasteiger partial charge in [0.25, 0.3) is 0 Å². The van der Waals surface area contributed by atoms with Crippen LogP contribution in [0.4, 0.5) is 16.2 Å². The Bertz CT molecular complexity index is 565. The molecule has 1 atom stereocenters. The molecular weight excluding hydrogens is 271 g/mol. The molecule has 0 amide bonds. The average Bonchev–Trinajstić information content (AvgIpc) is 2.53. The fraction of sp³-hybridized carbons (Fsp3) is 0.333. The van der Waals surface area contributed by atoms with Crippen LogP contribution in [-0.4, -0.2) is 28.2 Å². The van der Waals surface area contributed by atoms with E-state index < -0.39 is 11.9 Å². The molecule has 0 aliphatic heterocycles. The monoisotopic (exact) mass is 290 g/mol. The van der Waals surface area contributed by atoms with Crippen LogP contribution in [0.5, 0.6) is 0 Å². The van der Waals surface area contributed by atoms with Crippen LogP contribution in [-0.2, 0) is 0 Å². The van der Waals surface area contributed by atoms with Crippen molar-refractivity contribution in [3.8, 4) is 0 Å². The lowest BCUT2D eigenvalue weighted by atomic mass is 10.1. The molecule has 1 aromatic carbocycles. The van der Waals surface area contributed by atoms with Crippen molar-refractivity contribution in [3.63, 3.8) is 0 Å². The van der Waals surface area contributed by atoms with Crippen LogP contribution in [0.1, 0.15) is 24.9 Å². The summed E-state index contributed by atoms with van der Waals surface area (Å²) in [7, 11) is 0. The van der Waals surface area contributed by atoms with Crippen LogP contribution in [0.25, 0.3) is 0 Å². The van der Waals surface area contributed by atoms with Crippen LogP contribution in [0, 0.1) is 5.82 Å². The molecular formula is C15H19FN4O. The zero-order chi connectivity index (χ0) is 15.1. The van der Waals surface area contributed by atoms with Crippen molar-refractivity contribution in [2.24, 2.45) is 0 Å². The minimum Gasteiger partial charge on any atom is -0.394 e. The first kappa shape index (κ1) is 15.2. The number of benzene rings is 1. The van der Waals surface area contributed by atoms with Crippen LogP contribution in [0.3, 0.4) is 0 Å². The second-order valence-electron chi connectivity index (χ2n) is 4.61. The molecule has 0 spiro atoms. The van der Waals surface area contributed by atoms with Gasteiger partial charge in [-0.15, -0.1) is 0 Å². The van der Waals surface area contributed by atoms with E-state index in [4.69, 9.17) is 0 Å². The Labute approximate surface area is 123 Å². The van der Waals surface area contributed by atoms with Crippen LogP contribution < -0.4 is 10.6 Å². The average molecular weight is 290 g/mol. The molecule has 0 radical (unpaired) electrons. The first-order valence-corrected chi connectivity index (χ1v) is 6.93. The molecule has 5 nitrogen and oxygen atoms in total. The van der Waals surface area contributed by atoms with E-state index in [0.717, 1.165) is 18.2 Å². The quantitative estimate of drug-likeness (QED) is 0.731. The fourth-order valence-electron chi connectivity index (χ4n) is 1.88. The van der Waals surface area contributed by atoms with E-state index >= 15 is 0 Å². The second kappa shape index (κ2) is 7.54. The normalized spacial score (nSPS) is 12.0. The third-order valence-electron chi connectivity index (χ3n) is 2.97. The van der Waals surface area contributed by atoms with Crippen molar-refractivity contribution in [1.82, 2.24) is 9.97 Å². The van der Waals surface area contributed by atoms with Crippen molar-refractivity contribution in [3.05, 3.63) is 47.9 Å². The predicted octanol–water partition coefficient (Wildman–Crippen LogP) is 2.58. The van der Waals surface area contributed by atoms with Gasteiger partial charge in [0.05, 0.1) is 18.8 Å². The number of aliphatic hydroxyl groups is 1. The summed E-state index contributed by atoms with van der Waals surface area (Å²) in [4.78, 5) is 7.99.